The van der Waals surface area contributed by atoms with Crippen molar-refractivity contribution in [1.82, 2.24) is 14.9 Å². The van der Waals surface area contributed by atoms with Crippen LogP contribution in [0, 0.1) is 11.8 Å². The predicted octanol–water partition coefficient (Wildman–Crippen LogP) is 5.42. The molecule has 1 aromatic carbocycles. The van der Waals surface area contributed by atoms with Crippen LogP contribution >= 0.6 is 11.3 Å². The Morgan fingerprint density at radius 1 is 1.22 bits per heavy atom. The Bertz CT molecular complexity index is 1190. The minimum atomic E-state index is -1.15. The van der Waals surface area contributed by atoms with Gasteiger partial charge in [-0.15, -0.1) is 11.3 Å². The van der Waals surface area contributed by atoms with Gasteiger partial charge in [0, 0.05) is 22.9 Å². The molecule has 2 heterocycles. The number of hydrogen-bond acceptors (Lipinski definition) is 5. The highest BCUT2D eigenvalue weighted by molar-refractivity contribution is 7.09. The number of amides is 1. The van der Waals surface area contributed by atoms with Gasteiger partial charge in [-0.05, 0) is 60.7 Å². The van der Waals surface area contributed by atoms with Gasteiger partial charge in [-0.1, -0.05) is 39.7 Å². The first-order chi connectivity index (χ1) is 17.2. The molecule has 3 aromatic rings. The molecule has 0 spiro atoms. The van der Waals surface area contributed by atoms with E-state index in [1.54, 1.807) is 11.3 Å². The first-order valence-corrected chi connectivity index (χ1v) is 13.8. The van der Waals surface area contributed by atoms with Crippen LogP contribution in [0.2, 0.25) is 0 Å². The lowest BCUT2D eigenvalue weighted by molar-refractivity contribution is -0.139. The highest BCUT2D eigenvalue weighted by Gasteiger charge is 2.28. The number of rotatable bonds is 10. The fraction of sp³-hybridized carbons (Fsp3) is 0.536. The Balaban J connectivity index is 1.65. The topological polar surface area (TPSA) is 104 Å². The SMILES string of the molecule is CC(C)C[C@H](NC(=O)c1ccc2c(c1)nc(Cc1cccs1)n2[C@@H]1CCCC[C@H]1C)[C@H](O)CC(=O)O. The number of imidazole rings is 1. The van der Waals surface area contributed by atoms with Gasteiger partial charge in [-0.25, -0.2) is 4.98 Å². The van der Waals surface area contributed by atoms with Crippen molar-refractivity contribution in [3.63, 3.8) is 0 Å². The molecule has 4 rings (SSSR count). The Kier molecular flexibility index (Phi) is 8.46. The largest absolute Gasteiger partial charge is 0.481 e. The van der Waals surface area contributed by atoms with Gasteiger partial charge in [0.2, 0.25) is 0 Å². The monoisotopic (exact) mass is 511 g/mol. The number of nitrogens with one attached hydrogen (secondary N) is 1. The van der Waals surface area contributed by atoms with Gasteiger partial charge in [0.25, 0.3) is 5.91 Å². The minimum absolute atomic E-state index is 0.189. The molecule has 1 aliphatic carbocycles. The number of carbonyl (C=O) groups excluding carboxylic acids is 1. The van der Waals surface area contributed by atoms with Crippen LogP contribution in [0.5, 0.6) is 0 Å². The summed E-state index contributed by atoms with van der Waals surface area (Å²) >= 11 is 1.73. The van der Waals surface area contributed by atoms with Crippen molar-refractivity contribution in [3.8, 4) is 0 Å². The third-order valence-corrected chi connectivity index (χ3v) is 8.10. The van der Waals surface area contributed by atoms with E-state index in [-0.39, 0.29) is 11.8 Å². The number of hydrogen-bond donors (Lipinski definition) is 3. The van der Waals surface area contributed by atoms with E-state index in [1.807, 2.05) is 32.0 Å². The summed E-state index contributed by atoms with van der Waals surface area (Å²) in [6, 6.07) is 9.57. The van der Waals surface area contributed by atoms with Crippen molar-refractivity contribution >= 4 is 34.2 Å². The molecule has 2 aromatic heterocycles. The molecule has 1 saturated carbocycles. The van der Waals surface area contributed by atoms with E-state index in [0.717, 1.165) is 29.7 Å². The standard InChI is InChI=1S/C28H37N3O4S/c1-17(2)13-22(25(32)16-27(33)34)30-28(35)19-10-11-24-21(14-19)29-26(15-20-8-6-12-36-20)31(24)23-9-5-4-7-18(23)3/h6,8,10-12,14,17-18,22-23,25,32H,4-5,7,9,13,15-16H2,1-3H3,(H,30,35)(H,33,34)/t18-,22+,23-,25-/m1/s1. The Morgan fingerprint density at radius 3 is 2.67 bits per heavy atom. The van der Waals surface area contributed by atoms with Gasteiger partial charge in [0.05, 0.1) is 29.6 Å². The van der Waals surface area contributed by atoms with Gasteiger partial charge in [0.15, 0.2) is 0 Å². The van der Waals surface area contributed by atoms with E-state index in [9.17, 15) is 14.7 Å². The third-order valence-electron chi connectivity index (χ3n) is 7.23. The van der Waals surface area contributed by atoms with Gasteiger partial charge in [-0.2, -0.15) is 0 Å². The van der Waals surface area contributed by atoms with Gasteiger partial charge in [0.1, 0.15) is 5.82 Å². The summed E-state index contributed by atoms with van der Waals surface area (Å²) in [6.07, 6.45) is 4.50. The van der Waals surface area contributed by atoms with Crippen molar-refractivity contribution in [2.45, 2.75) is 83.9 Å². The van der Waals surface area contributed by atoms with Crippen LogP contribution in [-0.4, -0.2) is 43.8 Å². The lowest BCUT2D eigenvalue weighted by Crippen LogP contribution is -2.45. The summed E-state index contributed by atoms with van der Waals surface area (Å²) in [5.41, 5.74) is 2.29. The molecule has 1 fully saturated rings. The molecule has 194 valence electrons. The Labute approximate surface area is 216 Å². The quantitative estimate of drug-likeness (QED) is 0.337. The highest BCUT2D eigenvalue weighted by atomic mass is 32.1. The zero-order valence-electron chi connectivity index (χ0n) is 21.3. The molecule has 3 N–H and O–H groups in total. The first-order valence-electron chi connectivity index (χ1n) is 13.0. The maximum absolute atomic E-state index is 13.2. The van der Waals surface area contributed by atoms with Crippen molar-refractivity contribution in [2.24, 2.45) is 11.8 Å². The van der Waals surface area contributed by atoms with Crippen LogP contribution in [0.1, 0.15) is 86.4 Å². The van der Waals surface area contributed by atoms with Crippen molar-refractivity contribution in [2.75, 3.05) is 0 Å². The molecule has 4 atom stereocenters. The normalized spacial score (nSPS) is 19.9. The molecular formula is C28H37N3O4S. The van der Waals surface area contributed by atoms with Crippen LogP contribution in [0.4, 0.5) is 0 Å². The molecule has 1 aliphatic rings. The van der Waals surface area contributed by atoms with Crippen molar-refractivity contribution in [3.05, 3.63) is 52.0 Å². The average Bonchev–Trinajstić information content (AvgIpc) is 3.45. The van der Waals surface area contributed by atoms with Gasteiger partial charge < -0.3 is 20.1 Å². The lowest BCUT2D eigenvalue weighted by atomic mass is 9.85. The van der Waals surface area contributed by atoms with E-state index in [1.165, 1.54) is 24.1 Å². The minimum Gasteiger partial charge on any atom is -0.481 e. The maximum Gasteiger partial charge on any atom is 0.306 e. The number of aliphatic carboxylic acids is 1. The van der Waals surface area contributed by atoms with E-state index in [0.29, 0.717) is 23.9 Å². The summed E-state index contributed by atoms with van der Waals surface area (Å²) in [7, 11) is 0. The maximum atomic E-state index is 13.2. The van der Waals surface area contributed by atoms with Gasteiger partial charge >= 0.3 is 5.97 Å². The van der Waals surface area contributed by atoms with Crippen molar-refractivity contribution in [1.29, 1.82) is 0 Å². The Hall–Kier alpha value is -2.71. The van der Waals surface area contributed by atoms with Crippen molar-refractivity contribution < 1.29 is 19.8 Å². The average molecular weight is 512 g/mol. The summed E-state index contributed by atoms with van der Waals surface area (Å²) in [4.78, 5) is 30.6. The van der Waals surface area contributed by atoms with Crippen LogP contribution in [0.25, 0.3) is 11.0 Å². The fourth-order valence-electron chi connectivity index (χ4n) is 5.43. The second-order valence-corrected chi connectivity index (χ2v) is 11.6. The number of nitrogens with zero attached hydrogens (tertiary/aromatic N) is 2. The fourth-order valence-corrected chi connectivity index (χ4v) is 6.13. The smallest absolute Gasteiger partial charge is 0.306 e. The number of thiophene rings is 1. The van der Waals surface area contributed by atoms with Crippen LogP contribution in [-0.2, 0) is 11.2 Å². The number of fused-ring (bicyclic) bond motifs is 1. The molecule has 0 unspecified atom stereocenters. The van der Waals surface area contributed by atoms with E-state index >= 15 is 0 Å². The highest BCUT2D eigenvalue weighted by Crippen LogP contribution is 2.37. The Morgan fingerprint density at radius 2 is 2.00 bits per heavy atom. The molecule has 0 saturated heterocycles. The number of aliphatic hydroxyl groups is 1. The number of aliphatic hydroxyl groups excluding tert-OH is 1. The van der Waals surface area contributed by atoms with Crippen LogP contribution in [0.3, 0.4) is 0 Å². The second-order valence-electron chi connectivity index (χ2n) is 10.6. The van der Waals surface area contributed by atoms with E-state index < -0.39 is 24.5 Å². The molecule has 7 nitrogen and oxygen atoms in total. The zero-order chi connectivity index (χ0) is 25.8. The number of carboxylic acids is 1. The number of aromatic nitrogens is 2. The van der Waals surface area contributed by atoms with Crippen LogP contribution < -0.4 is 5.32 Å². The summed E-state index contributed by atoms with van der Waals surface area (Å²) < 4.78 is 2.40. The third kappa shape index (κ3) is 6.16. The predicted molar refractivity (Wildman–Crippen MR) is 142 cm³/mol. The van der Waals surface area contributed by atoms with E-state index in [4.69, 9.17) is 10.1 Å². The number of benzene rings is 1. The molecular weight excluding hydrogens is 474 g/mol. The van der Waals surface area contributed by atoms with Gasteiger partial charge in [-0.3, -0.25) is 9.59 Å². The zero-order valence-corrected chi connectivity index (χ0v) is 22.1. The second kappa shape index (κ2) is 11.6. The molecule has 8 heteroatoms. The summed E-state index contributed by atoms with van der Waals surface area (Å²) in [5.74, 6) is 0.362. The number of carboxylic acid groups (broad SMARTS) is 1. The van der Waals surface area contributed by atoms with E-state index in [2.05, 4.69) is 34.3 Å². The van der Waals surface area contributed by atoms with Crippen LogP contribution in [0.15, 0.2) is 35.7 Å². The molecule has 36 heavy (non-hydrogen) atoms. The molecule has 0 bridgehead atoms. The lowest BCUT2D eigenvalue weighted by Gasteiger charge is -2.31. The summed E-state index contributed by atoms with van der Waals surface area (Å²) in [6.45, 7) is 6.28. The first kappa shape index (κ1) is 26.4. The summed E-state index contributed by atoms with van der Waals surface area (Å²) in [5, 5.41) is 24.5. The molecule has 1 amide bonds. The molecule has 0 aliphatic heterocycles. The number of carbonyl (C=O) groups is 2. The molecule has 0 radical (unpaired) electrons.